The van der Waals surface area contributed by atoms with Crippen LogP contribution in [0.5, 0.6) is 5.75 Å². The van der Waals surface area contributed by atoms with Gasteiger partial charge in [0.25, 0.3) is 10.0 Å². The van der Waals surface area contributed by atoms with Gasteiger partial charge in [-0.3, -0.25) is 4.79 Å². The summed E-state index contributed by atoms with van der Waals surface area (Å²) in [5.41, 5.74) is 2.71. The third-order valence-corrected chi connectivity index (χ3v) is 5.71. The highest BCUT2D eigenvalue weighted by atomic mass is 32.2. The lowest BCUT2D eigenvalue weighted by molar-refractivity contribution is -0.120. The number of hydrogen-bond acceptors (Lipinski definition) is 4. The van der Waals surface area contributed by atoms with E-state index in [1.807, 2.05) is 24.3 Å². The van der Waals surface area contributed by atoms with Crippen LogP contribution in [0.25, 0.3) is 0 Å². The van der Waals surface area contributed by atoms with Crippen molar-refractivity contribution in [3.05, 3.63) is 59.2 Å². The average molecular weight is 345 g/mol. The third-order valence-electron chi connectivity index (χ3n) is 4.36. The Kier molecular flexibility index (Phi) is 4.32. The molecule has 1 atom stereocenters. The number of carbonyl (C=O) groups excluding carboxylic acids is 1. The van der Waals surface area contributed by atoms with Crippen molar-refractivity contribution in [1.82, 2.24) is 4.72 Å². The Morgan fingerprint density at radius 2 is 1.96 bits per heavy atom. The molecule has 0 aromatic heterocycles. The van der Waals surface area contributed by atoms with E-state index in [0.29, 0.717) is 17.7 Å². The molecule has 0 spiro atoms. The summed E-state index contributed by atoms with van der Waals surface area (Å²) in [6, 6.07) is 12.2. The zero-order valence-electron chi connectivity index (χ0n) is 13.6. The molecule has 1 N–H and O–H groups in total. The number of hydrogen-bond donors (Lipinski definition) is 1. The molecule has 0 bridgehead atoms. The van der Waals surface area contributed by atoms with E-state index in [9.17, 15) is 13.2 Å². The zero-order chi connectivity index (χ0) is 17.3. The van der Waals surface area contributed by atoms with Crippen molar-refractivity contribution in [2.75, 3.05) is 7.11 Å². The third kappa shape index (κ3) is 3.01. The largest absolute Gasteiger partial charge is 0.496 e. The summed E-state index contributed by atoms with van der Waals surface area (Å²) < 4.78 is 32.3. The first-order chi connectivity index (χ1) is 11.4. The highest BCUT2D eigenvalue weighted by Gasteiger charge is 2.31. The van der Waals surface area contributed by atoms with Crippen LogP contribution in [0.2, 0.25) is 0 Å². The van der Waals surface area contributed by atoms with Crippen LogP contribution in [0.4, 0.5) is 0 Å². The van der Waals surface area contributed by atoms with Gasteiger partial charge in [-0.2, -0.15) is 0 Å². The summed E-state index contributed by atoms with van der Waals surface area (Å²) in [6.45, 7) is 1.76. The Bertz CT molecular complexity index is 890. The van der Waals surface area contributed by atoms with Crippen LogP contribution < -0.4 is 9.46 Å². The van der Waals surface area contributed by atoms with Gasteiger partial charge in [-0.15, -0.1) is 0 Å². The van der Waals surface area contributed by atoms with E-state index in [0.717, 1.165) is 17.5 Å². The Morgan fingerprint density at radius 1 is 1.21 bits per heavy atom. The van der Waals surface area contributed by atoms with Crippen LogP contribution >= 0.6 is 0 Å². The number of aryl methyl sites for hydroxylation is 2. The smallest absolute Gasteiger partial charge is 0.264 e. The number of carbonyl (C=O) groups is 1. The number of rotatable bonds is 4. The Hall–Kier alpha value is -2.34. The molecule has 0 saturated carbocycles. The first-order valence-corrected chi connectivity index (χ1v) is 9.20. The molecular formula is C18H19NO4S. The molecule has 0 saturated heterocycles. The quantitative estimate of drug-likeness (QED) is 0.924. The molecule has 3 rings (SSSR count). The molecule has 0 radical (unpaired) electrons. The maximum absolute atomic E-state index is 12.5. The standard InChI is InChI=1S/C18H19NO4S/c1-12-11-14(8-10-17(12)23-2)24(21,22)19-18(20)16-9-7-13-5-3-4-6-15(13)16/h3-6,8,10-11,16H,7,9H2,1-2H3,(H,19,20). The maximum atomic E-state index is 12.5. The normalized spacial score (nSPS) is 16.5. The lowest BCUT2D eigenvalue weighted by Crippen LogP contribution is -2.34. The SMILES string of the molecule is COc1ccc(S(=O)(=O)NC(=O)C2CCc3ccccc32)cc1C. The van der Waals surface area contributed by atoms with E-state index < -0.39 is 21.8 Å². The molecule has 2 aromatic carbocycles. The molecule has 126 valence electrons. The highest BCUT2D eigenvalue weighted by molar-refractivity contribution is 7.90. The summed E-state index contributed by atoms with van der Waals surface area (Å²) in [7, 11) is -2.38. The highest BCUT2D eigenvalue weighted by Crippen LogP contribution is 2.33. The van der Waals surface area contributed by atoms with Crippen LogP contribution in [0, 0.1) is 6.92 Å². The topological polar surface area (TPSA) is 72.5 Å². The minimum absolute atomic E-state index is 0.0560. The molecule has 2 aromatic rings. The monoisotopic (exact) mass is 345 g/mol. The van der Waals surface area contributed by atoms with Gasteiger partial charge in [0, 0.05) is 0 Å². The maximum Gasteiger partial charge on any atom is 0.264 e. The van der Waals surface area contributed by atoms with E-state index in [4.69, 9.17) is 4.74 Å². The molecule has 1 unspecified atom stereocenters. The molecule has 1 amide bonds. The van der Waals surface area contributed by atoms with Gasteiger partial charge in [0.1, 0.15) is 5.75 Å². The second-order valence-electron chi connectivity index (χ2n) is 5.89. The van der Waals surface area contributed by atoms with E-state index >= 15 is 0 Å². The summed E-state index contributed by atoms with van der Waals surface area (Å²) in [5, 5.41) is 0. The van der Waals surface area contributed by atoms with Gasteiger partial charge in [-0.05, 0) is 54.7 Å². The fraction of sp³-hybridized carbons (Fsp3) is 0.278. The molecule has 0 aliphatic heterocycles. The van der Waals surface area contributed by atoms with Crippen LogP contribution in [0.1, 0.15) is 29.0 Å². The number of fused-ring (bicyclic) bond motifs is 1. The zero-order valence-corrected chi connectivity index (χ0v) is 14.4. The Balaban J connectivity index is 1.82. The van der Waals surface area contributed by atoms with Crippen molar-refractivity contribution in [2.45, 2.75) is 30.6 Å². The molecule has 1 aliphatic rings. The van der Waals surface area contributed by atoms with Gasteiger partial charge in [0.05, 0.1) is 17.9 Å². The van der Waals surface area contributed by atoms with Gasteiger partial charge >= 0.3 is 0 Å². The van der Waals surface area contributed by atoms with Crippen LogP contribution in [0.3, 0.4) is 0 Å². The second-order valence-corrected chi connectivity index (χ2v) is 7.57. The summed E-state index contributed by atoms with van der Waals surface area (Å²) in [5.74, 6) is -0.297. The van der Waals surface area contributed by atoms with Crippen molar-refractivity contribution >= 4 is 15.9 Å². The fourth-order valence-electron chi connectivity index (χ4n) is 3.11. The number of sulfonamides is 1. The molecule has 5 nitrogen and oxygen atoms in total. The Morgan fingerprint density at radius 3 is 2.67 bits per heavy atom. The molecule has 1 aliphatic carbocycles. The Labute approximate surface area is 141 Å². The van der Waals surface area contributed by atoms with Gasteiger partial charge < -0.3 is 4.74 Å². The first-order valence-electron chi connectivity index (χ1n) is 7.71. The van der Waals surface area contributed by atoms with Crippen molar-refractivity contribution in [1.29, 1.82) is 0 Å². The fourth-order valence-corrected chi connectivity index (χ4v) is 4.21. The summed E-state index contributed by atoms with van der Waals surface area (Å²) in [6.07, 6.45) is 1.41. The van der Waals surface area contributed by atoms with Crippen molar-refractivity contribution < 1.29 is 17.9 Å². The van der Waals surface area contributed by atoms with Gasteiger partial charge in [0.2, 0.25) is 5.91 Å². The molecule has 0 fully saturated rings. The number of benzene rings is 2. The minimum Gasteiger partial charge on any atom is -0.496 e. The number of nitrogens with one attached hydrogen (secondary N) is 1. The predicted octanol–water partition coefficient (Wildman–Crippen LogP) is 2.54. The number of methoxy groups -OCH3 is 1. The molecule has 6 heteroatoms. The van der Waals surface area contributed by atoms with Gasteiger partial charge in [0.15, 0.2) is 0 Å². The average Bonchev–Trinajstić information content (AvgIpc) is 2.98. The lowest BCUT2D eigenvalue weighted by atomic mass is 10.0. The van der Waals surface area contributed by atoms with E-state index in [1.165, 1.54) is 19.2 Å². The predicted molar refractivity (Wildman–Crippen MR) is 90.6 cm³/mol. The summed E-state index contributed by atoms with van der Waals surface area (Å²) >= 11 is 0. The molecule has 0 heterocycles. The van der Waals surface area contributed by atoms with Crippen LogP contribution in [-0.2, 0) is 21.2 Å². The molecular weight excluding hydrogens is 326 g/mol. The summed E-state index contributed by atoms with van der Waals surface area (Å²) in [4.78, 5) is 12.5. The number of amides is 1. The minimum atomic E-state index is -3.90. The van der Waals surface area contributed by atoms with Crippen LogP contribution in [-0.4, -0.2) is 21.4 Å². The second kappa shape index (κ2) is 6.28. The first kappa shape index (κ1) is 16.5. The van der Waals surface area contributed by atoms with Gasteiger partial charge in [-0.25, -0.2) is 13.1 Å². The van der Waals surface area contributed by atoms with E-state index in [2.05, 4.69) is 4.72 Å². The van der Waals surface area contributed by atoms with Crippen molar-refractivity contribution in [3.63, 3.8) is 0 Å². The lowest BCUT2D eigenvalue weighted by Gasteiger charge is -2.13. The van der Waals surface area contributed by atoms with Crippen LogP contribution in [0.15, 0.2) is 47.4 Å². The van der Waals surface area contributed by atoms with Crippen molar-refractivity contribution in [2.24, 2.45) is 0 Å². The van der Waals surface area contributed by atoms with E-state index in [1.54, 1.807) is 13.0 Å². The number of ether oxygens (including phenoxy) is 1. The van der Waals surface area contributed by atoms with Gasteiger partial charge in [-0.1, -0.05) is 24.3 Å². The van der Waals surface area contributed by atoms with E-state index in [-0.39, 0.29) is 4.90 Å². The molecule has 24 heavy (non-hydrogen) atoms. The van der Waals surface area contributed by atoms with Crippen molar-refractivity contribution in [3.8, 4) is 5.75 Å².